The maximum absolute atomic E-state index is 14.8. The first kappa shape index (κ1) is 30.6. The van der Waals surface area contributed by atoms with Crippen LogP contribution in [0.5, 0.6) is 0 Å². The Balaban J connectivity index is 1.32. The predicted molar refractivity (Wildman–Crippen MR) is 168 cm³/mol. The van der Waals surface area contributed by atoms with Gasteiger partial charge in [0, 0.05) is 48.5 Å². The van der Waals surface area contributed by atoms with Gasteiger partial charge in [-0.2, -0.15) is 0 Å². The predicted octanol–water partition coefficient (Wildman–Crippen LogP) is 4.57. The number of halogens is 1. The van der Waals surface area contributed by atoms with Crippen molar-refractivity contribution in [2.24, 2.45) is 16.3 Å². The minimum atomic E-state index is -1.02. The molecule has 3 atom stereocenters. The number of esters is 1. The van der Waals surface area contributed by atoms with Crippen LogP contribution in [-0.4, -0.2) is 71.5 Å². The number of piperidine rings is 1. The summed E-state index contributed by atoms with van der Waals surface area (Å²) in [5.41, 5.74) is 2.17. The molecule has 0 spiro atoms. The van der Waals surface area contributed by atoms with Crippen molar-refractivity contribution in [3.63, 3.8) is 0 Å². The Morgan fingerprint density at radius 2 is 1.98 bits per heavy atom. The first-order valence-corrected chi connectivity index (χ1v) is 15.8. The van der Waals surface area contributed by atoms with Crippen molar-refractivity contribution >= 4 is 40.7 Å². The second-order valence-electron chi connectivity index (χ2n) is 11.8. The number of carboxylic acids is 1. The zero-order valence-corrected chi connectivity index (χ0v) is 26.1. The first-order chi connectivity index (χ1) is 21.6. The number of amides is 1. The SMILES string of the molecule is CCOC(=O)C1=C(CN2CC[C@@]3(C)C(=O)N(c4ccc(C(=O)O)cc4)C[C@H]3C2)NC(c2nccs2)=N[C@H]1c1cccc(F)c1C. The fourth-order valence-electron chi connectivity index (χ4n) is 6.49. The molecule has 10 nitrogen and oxygen atoms in total. The molecule has 2 fully saturated rings. The molecule has 3 aliphatic rings. The van der Waals surface area contributed by atoms with Gasteiger partial charge in [-0.25, -0.2) is 19.0 Å². The van der Waals surface area contributed by atoms with Crippen LogP contribution >= 0.6 is 11.3 Å². The van der Waals surface area contributed by atoms with E-state index in [1.807, 2.05) is 12.3 Å². The van der Waals surface area contributed by atoms with E-state index in [1.165, 1.54) is 29.5 Å². The van der Waals surface area contributed by atoms with Gasteiger partial charge in [0.15, 0.2) is 10.8 Å². The second-order valence-corrected chi connectivity index (χ2v) is 12.7. The number of carboxylic acid groups (broad SMARTS) is 1. The van der Waals surface area contributed by atoms with Gasteiger partial charge in [-0.1, -0.05) is 19.1 Å². The number of carbonyl (C=O) groups is 3. The quantitative estimate of drug-likeness (QED) is 0.347. The molecule has 4 heterocycles. The van der Waals surface area contributed by atoms with E-state index in [0.717, 1.165) is 0 Å². The number of thiazole rings is 1. The Morgan fingerprint density at radius 1 is 1.20 bits per heavy atom. The van der Waals surface area contributed by atoms with Crippen molar-refractivity contribution < 1.29 is 28.6 Å². The Kier molecular flexibility index (Phi) is 8.27. The van der Waals surface area contributed by atoms with E-state index in [2.05, 4.69) is 15.2 Å². The van der Waals surface area contributed by atoms with Crippen LogP contribution in [0.1, 0.15) is 52.8 Å². The second kappa shape index (κ2) is 12.2. The Labute approximate surface area is 264 Å². The molecule has 0 bridgehead atoms. The lowest BCUT2D eigenvalue weighted by atomic mass is 9.73. The molecule has 0 saturated carbocycles. The molecule has 12 heteroatoms. The summed E-state index contributed by atoms with van der Waals surface area (Å²) in [5.74, 6) is -1.40. The molecule has 0 aliphatic carbocycles. The van der Waals surface area contributed by atoms with Gasteiger partial charge in [0.25, 0.3) is 0 Å². The molecule has 2 saturated heterocycles. The van der Waals surface area contributed by atoms with Gasteiger partial charge in [0.05, 0.1) is 23.2 Å². The number of nitrogens with one attached hydrogen (secondary N) is 1. The molecule has 0 radical (unpaired) electrons. The zero-order valence-electron chi connectivity index (χ0n) is 25.2. The van der Waals surface area contributed by atoms with Crippen molar-refractivity contribution in [1.82, 2.24) is 15.2 Å². The highest BCUT2D eigenvalue weighted by Crippen LogP contribution is 2.45. The molecule has 6 rings (SSSR count). The van der Waals surface area contributed by atoms with Crippen molar-refractivity contribution in [2.45, 2.75) is 33.2 Å². The normalized spacial score (nSPS) is 23.4. The van der Waals surface area contributed by atoms with Gasteiger partial charge in [-0.15, -0.1) is 11.3 Å². The molecule has 3 aliphatic heterocycles. The highest BCUT2D eigenvalue weighted by molar-refractivity contribution is 7.11. The zero-order chi connectivity index (χ0) is 31.9. The topological polar surface area (TPSA) is 124 Å². The number of likely N-dealkylation sites (tertiary alicyclic amines) is 1. The molecule has 234 valence electrons. The maximum Gasteiger partial charge on any atom is 0.338 e. The largest absolute Gasteiger partial charge is 0.478 e. The van der Waals surface area contributed by atoms with Gasteiger partial charge >= 0.3 is 11.9 Å². The molecule has 2 aromatic carbocycles. The highest BCUT2D eigenvalue weighted by Gasteiger charge is 2.53. The number of fused-ring (bicyclic) bond motifs is 1. The molecule has 3 aromatic rings. The van der Waals surface area contributed by atoms with E-state index in [4.69, 9.17) is 9.73 Å². The standard InChI is InChI=1S/C33H34FN5O5S/c1-4-44-31(42)26-25(36-28(29-35-13-15-45-29)37-27(26)23-6-5-7-24(34)19(23)2)18-38-14-12-33(3)21(16-38)17-39(32(33)43)22-10-8-20(9-11-22)30(40)41/h5-11,13,15,21,27H,4,12,14,16-18H2,1-3H3,(H,36,37)(H,40,41)/t21-,27+,33-/m1/s1. The average molecular weight is 632 g/mol. The summed E-state index contributed by atoms with van der Waals surface area (Å²) in [4.78, 5) is 51.8. The molecule has 0 unspecified atom stereocenters. The number of aromatic nitrogens is 1. The third-order valence-electron chi connectivity index (χ3n) is 9.13. The van der Waals surface area contributed by atoms with Crippen LogP contribution in [0.3, 0.4) is 0 Å². The molecule has 45 heavy (non-hydrogen) atoms. The van der Waals surface area contributed by atoms with Crippen molar-refractivity contribution in [1.29, 1.82) is 0 Å². The first-order valence-electron chi connectivity index (χ1n) is 14.9. The average Bonchev–Trinajstić information content (AvgIpc) is 3.65. The van der Waals surface area contributed by atoms with Crippen molar-refractivity contribution in [3.05, 3.63) is 92.8 Å². The number of carbonyl (C=O) groups excluding carboxylic acids is 2. The van der Waals surface area contributed by atoms with E-state index in [9.17, 15) is 23.9 Å². The third kappa shape index (κ3) is 5.64. The van der Waals surface area contributed by atoms with Gasteiger partial charge in [0.2, 0.25) is 5.91 Å². The smallest absolute Gasteiger partial charge is 0.338 e. The molecule has 1 amide bonds. The number of nitrogens with zero attached hydrogens (tertiary/aromatic N) is 4. The Bertz CT molecular complexity index is 1710. The third-order valence-corrected chi connectivity index (χ3v) is 9.91. The molecule has 2 N–H and O–H groups in total. The minimum Gasteiger partial charge on any atom is -0.478 e. The number of rotatable bonds is 8. The number of hydrogen-bond donors (Lipinski definition) is 2. The Hall–Kier alpha value is -4.42. The number of benzene rings is 2. The van der Waals surface area contributed by atoms with Gasteiger partial charge in [-0.05, 0) is 68.3 Å². The fraction of sp³-hybridized carbons (Fsp3) is 0.364. The monoisotopic (exact) mass is 631 g/mol. The number of amidine groups is 1. The van der Waals surface area contributed by atoms with Crippen LogP contribution in [0.2, 0.25) is 0 Å². The summed E-state index contributed by atoms with van der Waals surface area (Å²) in [6.45, 7) is 7.65. The lowest BCUT2D eigenvalue weighted by molar-refractivity contribution is -0.139. The van der Waals surface area contributed by atoms with Crippen molar-refractivity contribution in [3.8, 4) is 0 Å². The lowest BCUT2D eigenvalue weighted by Crippen LogP contribution is -2.49. The number of hydrogen-bond acceptors (Lipinski definition) is 9. The van der Waals surface area contributed by atoms with E-state index < -0.39 is 23.4 Å². The summed E-state index contributed by atoms with van der Waals surface area (Å²) in [6.07, 6.45) is 2.29. The van der Waals surface area contributed by atoms with Crippen LogP contribution in [0.15, 0.2) is 70.3 Å². The van der Waals surface area contributed by atoms with Gasteiger partial charge < -0.3 is 20.1 Å². The molecular weight excluding hydrogens is 597 g/mol. The number of aromatic carboxylic acids is 1. The van der Waals surface area contributed by atoms with Gasteiger partial charge in [0.1, 0.15) is 11.9 Å². The van der Waals surface area contributed by atoms with Crippen LogP contribution in [0.4, 0.5) is 10.1 Å². The molecule has 1 aromatic heterocycles. The number of anilines is 1. The van der Waals surface area contributed by atoms with Gasteiger partial charge in [-0.3, -0.25) is 14.7 Å². The lowest BCUT2D eigenvalue weighted by Gasteiger charge is -2.40. The van der Waals surface area contributed by atoms with Crippen LogP contribution in [0, 0.1) is 24.1 Å². The summed E-state index contributed by atoms with van der Waals surface area (Å²) >= 11 is 1.41. The summed E-state index contributed by atoms with van der Waals surface area (Å²) in [5, 5.41) is 15.1. The summed E-state index contributed by atoms with van der Waals surface area (Å²) in [7, 11) is 0. The van der Waals surface area contributed by atoms with E-state index >= 15 is 0 Å². The minimum absolute atomic E-state index is 0.00138. The van der Waals surface area contributed by atoms with Crippen LogP contribution in [-0.2, 0) is 14.3 Å². The number of aliphatic imine (C=N–C) groups is 1. The van der Waals surface area contributed by atoms with Crippen LogP contribution in [0.25, 0.3) is 0 Å². The Morgan fingerprint density at radius 3 is 2.67 bits per heavy atom. The van der Waals surface area contributed by atoms with E-state index in [0.29, 0.717) is 71.5 Å². The van der Waals surface area contributed by atoms with E-state index in [1.54, 1.807) is 49.2 Å². The summed E-state index contributed by atoms with van der Waals surface area (Å²) < 4.78 is 20.3. The van der Waals surface area contributed by atoms with E-state index in [-0.39, 0.29) is 29.8 Å². The van der Waals surface area contributed by atoms with Crippen LogP contribution < -0.4 is 10.2 Å². The summed E-state index contributed by atoms with van der Waals surface area (Å²) in [6, 6.07) is 10.4. The molecular formula is C33H34FN5O5S. The highest BCUT2D eigenvalue weighted by atomic mass is 32.1. The van der Waals surface area contributed by atoms with Crippen molar-refractivity contribution in [2.75, 3.05) is 37.7 Å². The number of ether oxygens (including phenoxy) is 1. The maximum atomic E-state index is 14.8. The fourth-order valence-corrected chi connectivity index (χ4v) is 7.08.